The fourth-order valence-corrected chi connectivity index (χ4v) is 3.97. The second kappa shape index (κ2) is 6.41. The molecule has 0 saturated carbocycles. The zero-order chi connectivity index (χ0) is 17.6. The Hall–Kier alpha value is -1.52. The fourth-order valence-electron chi connectivity index (χ4n) is 2.86. The van der Waals surface area contributed by atoms with E-state index >= 15 is 0 Å². The van der Waals surface area contributed by atoms with Crippen LogP contribution in [-0.2, 0) is 6.54 Å². The van der Waals surface area contributed by atoms with E-state index in [0.29, 0.717) is 38.1 Å². The zero-order valence-corrected chi connectivity index (χ0v) is 15.8. The maximum absolute atomic E-state index is 11.9. The van der Waals surface area contributed by atoms with Crippen molar-refractivity contribution in [2.45, 2.75) is 12.6 Å². The van der Waals surface area contributed by atoms with Crippen molar-refractivity contribution >= 4 is 57.7 Å². The summed E-state index contributed by atoms with van der Waals surface area (Å²) in [5.41, 5.74) is 12.5. The average Bonchev–Trinajstić information content (AvgIpc) is 2.84. The highest BCUT2D eigenvalue weighted by molar-refractivity contribution is 14.1. The summed E-state index contributed by atoms with van der Waals surface area (Å²) in [7, 11) is 0. The van der Waals surface area contributed by atoms with Gasteiger partial charge in [-0.15, -0.1) is 0 Å². The molecular formula is C14H12Cl2IN5O2. The van der Waals surface area contributed by atoms with Crippen LogP contribution in [0.2, 0.25) is 10.0 Å². The number of nitrogens with zero attached hydrogens (tertiary/aromatic N) is 3. The molecule has 1 aliphatic heterocycles. The van der Waals surface area contributed by atoms with Crippen LogP contribution in [0.25, 0.3) is 0 Å². The van der Waals surface area contributed by atoms with Crippen molar-refractivity contribution in [2.75, 3.05) is 6.54 Å². The van der Waals surface area contributed by atoms with E-state index in [2.05, 4.69) is 5.10 Å². The van der Waals surface area contributed by atoms with Crippen molar-refractivity contribution in [3.8, 4) is 0 Å². The molecule has 3 rings (SSSR count). The van der Waals surface area contributed by atoms with E-state index in [1.54, 1.807) is 22.9 Å². The first-order valence-electron chi connectivity index (χ1n) is 6.88. The van der Waals surface area contributed by atoms with Crippen LogP contribution in [0, 0.1) is 3.70 Å². The summed E-state index contributed by atoms with van der Waals surface area (Å²) in [5, 5.41) is 5.07. The van der Waals surface area contributed by atoms with Gasteiger partial charge in [0.1, 0.15) is 9.74 Å². The molecule has 24 heavy (non-hydrogen) atoms. The van der Waals surface area contributed by atoms with Gasteiger partial charge in [0.25, 0.3) is 5.91 Å². The van der Waals surface area contributed by atoms with Gasteiger partial charge in [-0.2, -0.15) is 5.10 Å². The van der Waals surface area contributed by atoms with Crippen LogP contribution in [0.15, 0.2) is 18.2 Å². The van der Waals surface area contributed by atoms with Crippen LogP contribution in [0.1, 0.15) is 27.7 Å². The van der Waals surface area contributed by atoms with E-state index in [1.807, 2.05) is 22.6 Å². The van der Waals surface area contributed by atoms with Crippen molar-refractivity contribution in [1.29, 1.82) is 0 Å². The lowest BCUT2D eigenvalue weighted by Gasteiger charge is -2.35. The molecule has 0 saturated heterocycles. The molecule has 1 aromatic carbocycles. The van der Waals surface area contributed by atoms with Crippen molar-refractivity contribution in [2.24, 2.45) is 11.5 Å². The first kappa shape index (κ1) is 17.3. The normalized spacial score (nSPS) is 16.8. The lowest BCUT2D eigenvalue weighted by molar-refractivity contribution is 0.0994. The quantitative estimate of drug-likeness (QED) is 0.645. The van der Waals surface area contributed by atoms with Gasteiger partial charge < -0.3 is 16.4 Å². The van der Waals surface area contributed by atoms with Crippen LogP contribution in [0.3, 0.4) is 0 Å². The topological polar surface area (TPSA) is 107 Å². The molecule has 3 amide bonds. The van der Waals surface area contributed by atoms with Crippen LogP contribution < -0.4 is 11.5 Å². The van der Waals surface area contributed by atoms with E-state index in [1.165, 1.54) is 4.90 Å². The average molecular weight is 480 g/mol. The van der Waals surface area contributed by atoms with Gasteiger partial charge >= 0.3 is 6.03 Å². The molecule has 126 valence electrons. The van der Waals surface area contributed by atoms with Gasteiger partial charge in [-0.25, -0.2) is 4.79 Å². The number of hydrogen-bond donors (Lipinski definition) is 2. The smallest absolute Gasteiger partial charge is 0.315 e. The summed E-state index contributed by atoms with van der Waals surface area (Å²) in [6, 6.07) is 3.77. The second-order valence-corrected chi connectivity index (χ2v) is 7.08. The standard InChI is InChI=1S/C14H12Cl2IN5O2/c15-7-2-1-6(5-8(7)16)10-11-9(13(18)23)12(17)20-22(11)4-3-21(10)14(19)24/h1-2,5,10H,3-4H2,(H2,18,23)(H2,19,24). The maximum Gasteiger partial charge on any atom is 0.315 e. The molecule has 4 N–H and O–H groups in total. The van der Waals surface area contributed by atoms with Crippen LogP contribution in [0.4, 0.5) is 4.79 Å². The molecule has 1 unspecified atom stereocenters. The van der Waals surface area contributed by atoms with Gasteiger partial charge in [0.2, 0.25) is 0 Å². The van der Waals surface area contributed by atoms with Gasteiger partial charge in [-0.05, 0) is 40.3 Å². The fraction of sp³-hybridized carbons (Fsp3) is 0.214. The minimum absolute atomic E-state index is 0.276. The molecule has 1 atom stereocenters. The molecule has 7 nitrogen and oxygen atoms in total. The summed E-state index contributed by atoms with van der Waals surface area (Å²) >= 11 is 14.0. The SMILES string of the molecule is NC(=O)c1c(I)nn2c1C(c1ccc(Cl)c(Cl)c1)N(C(N)=O)CC2. The van der Waals surface area contributed by atoms with E-state index in [-0.39, 0.29) is 5.56 Å². The Labute approximate surface area is 161 Å². The zero-order valence-electron chi connectivity index (χ0n) is 12.2. The number of aromatic nitrogens is 2. The minimum Gasteiger partial charge on any atom is -0.365 e. The van der Waals surface area contributed by atoms with Crippen LogP contribution >= 0.6 is 45.8 Å². The Morgan fingerprint density at radius 2 is 1.92 bits per heavy atom. The number of carbonyl (C=O) groups excluding carboxylic acids is 2. The van der Waals surface area contributed by atoms with Gasteiger partial charge in [-0.3, -0.25) is 9.48 Å². The predicted octanol–water partition coefficient (Wildman–Crippen LogP) is 2.38. The number of amides is 3. The highest BCUT2D eigenvalue weighted by Gasteiger charge is 2.37. The first-order chi connectivity index (χ1) is 11.3. The molecule has 0 bridgehead atoms. The number of benzene rings is 1. The summed E-state index contributed by atoms with van der Waals surface area (Å²) in [6.45, 7) is 0.766. The third-order valence-corrected chi connectivity index (χ3v) is 5.36. The van der Waals surface area contributed by atoms with Gasteiger partial charge in [0, 0.05) is 6.54 Å². The number of rotatable bonds is 2. The number of carbonyl (C=O) groups is 2. The van der Waals surface area contributed by atoms with E-state index in [0.717, 1.165) is 0 Å². The molecule has 1 aliphatic rings. The lowest BCUT2D eigenvalue weighted by atomic mass is 9.97. The summed E-state index contributed by atoms with van der Waals surface area (Å²) in [4.78, 5) is 25.3. The minimum atomic E-state index is -0.621. The van der Waals surface area contributed by atoms with Crippen molar-refractivity contribution in [3.05, 3.63) is 48.8 Å². The number of hydrogen-bond acceptors (Lipinski definition) is 3. The summed E-state index contributed by atoms with van der Waals surface area (Å²) in [5.74, 6) is -0.614. The number of nitrogens with two attached hydrogens (primary N) is 2. The molecular weight excluding hydrogens is 468 g/mol. The van der Waals surface area contributed by atoms with Gasteiger partial charge in [0.15, 0.2) is 0 Å². The van der Waals surface area contributed by atoms with E-state index in [9.17, 15) is 9.59 Å². The molecule has 0 spiro atoms. The Balaban J connectivity index is 2.25. The maximum atomic E-state index is 11.9. The van der Waals surface area contributed by atoms with E-state index in [4.69, 9.17) is 34.7 Å². The predicted molar refractivity (Wildman–Crippen MR) is 98.1 cm³/mol. The Kier molecular flexibility index (Phi) is 4.63. The molecule has 0 fully saturated rings. The second-order valence-electron chi connectivity index (χ2n) is 5.25. The Morgan fingerprint density at radius 1 is 1.21 bits per heavy atom. The third kappa shape index (κ3) is 2.82. The van der Waals surface area contributed by atoms with Gasteiger partial charge in [0.05, 0.1) is 27.8 Å². The van der Waals surface area contributed by atoms with Crippen LogP contribution in [0.5, 0.6) is 0 Å². The van der Waals surface area contributed by atoms with Gasteiger partial charge in [-0.1, -0.05) is 29.3 Å². The van der Waals surface area contributed by atoms with Crippen molar-refractivity contribution < 1.29 is 9.59 Å². The molecule has 2 heterocycles. The first-order valence-corrected chi connectivity index (χ1v) is 8.71. The highest BCUT2D eigenvalue weighted by atomic mass is 127. The largest absolute Gasteiger partial charge is 0.365 e. The highest BCUT2D eigenvalue weighted by Crippen LogP contribution is 2.37. The Bertz CT molecular complexity index is 854. The monoisotopic (exact) mass is 479 g/mol. The summed E-state index contributed by atoms with van der Waals surface area (Å²) < 4.78 is 2.15. The Morgan fingerprint density at radius 3 is 2.50 bits per heavy atom. The lowest BCUT2D eigenvalue weighted by Crippen LogP contribution is -2.46. The number of primary amides is 2. The van der Waals surface area contributed by atoms with E-state index < -0.39 is 18.0 Å². The molecule has 2 aromatic rings. The van der Waals surface area contributed by atoms with Crippen molar-refractivity contribution in [3.63, 3.8) is 0 Å². The summed E-state index contributed by atoms with van der Waals surface area (Å²) in [6.07, 6.45) is 0. The number of urea groups is 1. The van der Waals surface area contributed by atoms with Crippen LogP contribution in [-0.4, -0.2) is 33.2 Å². The number of halogens is 3. The molecule has 0 radical (unpaired) electrons. The van der Waals surface area contributed by atoms with Crippen molar-refractivity contribution in [1.82, 2.24) is 14.7 Å². The third-order valence-electron chi connectivity index (χ3n) is 3.86. The molecule has 1 aromatic heterocycles. The number of fused-ring (bicyclic) bond motifs is 1. The molecule has 10 heteroatoms. The molecule has 0 aliphatic carbocycles.